The predicted molar refractivity (Wildman–Crippen MR) is 113 cm³/mol. The number of guanidine groups is 1. The van der Waals surface area contributed by atoms with E-state index >= 15 is 0 Å². The summed E-state index contributed by atoms with van der Waals surface area (Å²) in [7, 11) is 1.69. The normalized spacial score (nSPS) is 26.0. The van der Waals surface area contributed by atoms with E-state index in [0.717, 1.165) is 44.8 Å². The zero-order chi connectivity index (χ0) is 21.1. The lowest BCUT2D eigenvalue weighted by Crippen LogP contribution is -2.64. The Morgan fingerprint density at radius 2 is 2.03 bits per heavy atom. The second-order valence-corrected chi connectivity index (χ2v) is 8.07. The van der Waals surface area contributed by atoms with Crippen LogP contribution in [0.3, 0.4) is 0 Å². The van der Waals surface area contributed by atoms with Crippen molar-refractivity contribution in [1.29, 1.82) is 0 Å². The monoisotopic (exact) mass is 414 g/mol. The van der Waals surface area contributed by atoms with Crippen molar-refractivity contribution in [2.24, 2.45) is 4.99 Å². The number of benzene rings is 1. The number of amides is 3. The maximum Gasteiger partial charge on any atom is 0.325 e. The van der Waals surface area contributed by atoms with Crippen molar-refractivity contribution in [2.45, 2.75) is 32.1 Å². The SMILES string of the molecule is Cc1cccc(CN2C(=NCCCN3CCOCC3)NC3C2C(=O)NC(=O)N3C)c1. The van der Waals surface area contributed by atoms with Crippen molar-refractivity contribution >= 4 is 17.9 Å². The summed E-state index contributed by atoms with van der Waals surface area (Å²) in [6.07, 6.45) is 0.508. The van der Waals surface area contributed by atoms with Crippen LogP contribution in [0.2, 0.25) is 0 Å². The number of fused-ring (bicyclic) bond motifs is 1. The van der Waals surface area contributed by atoms with Crippen LogP contribution in [-0.4, -0.2) is 91.2 Å². The van der Waals surface area contributed by atoms with Gasteiger partial charge in [-0.25, -0.2) is 4.79 Å². The summed E-state index contributed by atoms with van der Waals surface area (Å²) in [6, 6.07) is 7.32. The predicted octanol–water partition coefficient (Wildman–Crippen LogP) is 0.355. The molecule has 3 heterocycles. The molecule has 162 valence electrons. The maximum absolute atomic E-state index is 12.7. The van der Waals surface area contributed by atoms with Crippen molar-refractivity contribution in [2.75, 3.05) is 46.4 Å². The molecule has 2 N–H and O–H groups in total. The molecular formula is C21H30N6O3. The molecule has 0 aromatic heterocycles. The smallest absolute Gasteiger partial charge is 0.325 e. The Morgan fingerprint density at radius 1 is 1.23 bits per heavy atom. The molecule has 2 unspecified atom stereocenters. The van der Waals surface area contributed by atoms with Gasteiger partial charge >= 0.3 is 6.03 Å². The minimum Gasteiger partial charge on any atom is -0.379 e. The summed E-state index contributed by atoms with van der Waals surface area (Å²) in [4.78, 5) is 35.4. The van der Waals surface area contributed by atoms with E-state index in [2.05, 4.69) is 34.6 Å². The van der Waals surface area contributed by atoms with Gasteiger partial charge < -0.3 is 19.9 Å². The lowest BCUT2D eigenvalue weighted by atomic mass is 10.1. The first kappa shape index (κ1) is 20.6. The van der Waals surface area contributed by atoms with Crippen LogP contribution in [0, 0.1) is 6.92 Å². The first-order chi connectivity index (χ1) is 14.5. The standard InChI is InChI=1S/C21H30N6O3/c1-15-5-3-6-16(13-15)14-27-17-18(25(2)21(29)24-19(17)28)23-20(27)22-7-4-8-26-9-11-30-12-10-26/h3,5-6,13,17-18H,4,7-12,14H2,1-2H3,(H,22,23)(H,24,28,29). The van der Waals surface area contributed by atoms with Crippen LogP contribution in [0.4, 0.5) is 4.79 Å². The van der Waals surface area contributed by atoms with Gasteiger partial charge in [-0.1, -0.05) is 29.8 Å². The lowest BCUT2D eigenvalue weighted by molar-refractivity contribution is -0.127. The summed E-state index contributed by atoms with van der Waals surface area (Å²) in [6.45, 7) is 7.74. The van der Waals surface area contributed by atoms with Crippen LogP contribution in [0.5, 0.6) is 0 Å². The molecule has 0 radical (unpaired) electrons. The zero-order valence-electron chi connectivity index (χ0n) is 17.6. The second-order valence-electron chi connectivity index (χ2n) is 8.07. The highest BCUT2D eigenvalue weighted by atomic mass is 16.5. The Bertz CT molecular complexity index is 823. The van der Waals surface area contributed by atoms with Gasteiger partial charge in [-0.2, -0.15) is 0 Å². The number of ether oxygens (including phenoxy) is 1. The lowest BCUT2D eigenvalue weighted by Gasteiger charge is -2.35. The molecule has 0 bridgehead atoms. The number of urea groups is 1. The van der Waals surface area contributed by atoms with Gasteiger partial charge in [0.05, 0.1) is 13.2 Å². The zero-order valence-corrected chi connectivity index (χ0v) is 17.6. The number of imide groups is 1. The van der Waals surface area contributed by atoms with Crippen LogP contribution in [0.1, 0.15) is 17.5 Å². The average Bonchev–Trinajstić information content (AvgIpc) is 3.09. The molecule has 4 rings (SSSR count). The first-order valence-corrected chi connectivity index (χ1v) is 10.5. The van der Waals surface area contributed by atoms with Gasteiger partial charge in [0, 0.05) is 39.8 Å². The van der Waals surface area contributed by atoms with Crippen LogP contribution in [0.15, 0.2) is 29.3 Å². The first-order valence-electron chi connectivity index (χ1n) is 10.5. The molecule has 30 heavy (non-hydrogen) atoms. The Balaban J connectivity index is 1.48. The number of likely N-dealkylation sites (N-methyl/N-ethyl adjacent to an activating group) is 1. The topological polar surface area (TPSA) is 89.5 Å². The van der Waals surface area contributed by atoms with Gasteiger partial charge in [0.25, 0.3) is 5.91 Å². The third-order valence-corrected chi connectivity index (χ3v) is 5.85. The fourth-order valence-corrected chi connectivity index (χ4v) is 4.20. The number of carbonyl (C=O) groups is 2. The molecule has 3 saturated heterocycles. The van der Waals surface area contributed by atoms with Crippen LogP contribution in [0.25, 0.3) is 0 Å². The van der Waals surface area contributed by atoms with Gasteiger partial charge in [-0.05, 0) is 18.9 Å². The van der Waals surface area contributed by atoms with Gasteiger partial charge in [0.15, 0.2) is 12.0 Å². The molecule has 3 aliphatic rings. The molecule has 3 aliphatic heterocycles. The number of hydrogen-bond donors (Lipinski definition) is 2. The minimum absolute atomic E-state index is 0.290. The van der Waals surface area contributed by atoms with Crippen LogP contribution < -0.4 is 10.6 Å². The van der Waals surface area contributed by atoms with Gasteiger partial charge in [-0.15, -0.1) is 0 Å². The maximum atomic E-state index is 12.7. The molecule has 2 atom stereocenters. The van der Waals surface area contributed by atoms with E-state index in [4.69, 9.17) is 9.73 Å². The molecule has 1 aromatic carbocycles. The van der Waals surface area contributed by atoms with E-state index in [9.17, 15) is 9.59 Å². The second kappa shape index (κ2) is 9.01. The molecule has 0 saturated carbocycles. The fourth-order valence-electron chi connectivity index (χ4n) is 4.20. The number of carbonyl (C=O) groups excluding carboxylic acids is 2. The van der Waals surface area contributed by atoms with E-state index in [0.29, 0.717) is 19.0 Å². The number of nitrogens with zero attached hydrogens (tertiary/aromatic N) is 4. The van der Waals surface area contributed by atoms with Crippen molar-refractivity contribution in [3.8, 4) is 0 Å². The summed E-state index contributed by atoms with van der Waals surface area (Å²) >= 11 is 0. The van der Waals surface area contributed by atoms with Gasteiger partial charge in [0.2, 0.25) is 0 Å². The van der Waals surface area contributed by atoms with Crippen LogP contribution in [-0.2, 0) is 16.1 Å². The van der Waals surface area contributed by atoms with Crippen molar-refractivity contribution in [1.82, 2.24) is 25.3 Å². The molecule has 9 nitrogen and oxygen atoms in total. The molecular weight excluding hydrogens is 384 g/mol. The van der Waals surface area contributed by atoms with E-state index in [1.165, 1.54) is 10.5 Å². The Morgan fingerprint density at radius 3 is 2.80 bits per heavy atom. The highest BCUT2D eigenvalue weighted by Gasteiger charge is 2.49. The molecule has 3 amide bonds. The number of nitrogens with one attached hydrogen (secondary N) is 2. The summed E-state index contributed by atoms with van der Waals surface area (Å²) in [5.41, 5.74) is 2.27. The molecule has 1 aromatic rings. The Labute approximate surface area is 177 Å². The van der Waals surface area contributed by atoms with Gasteiger partial charge in [0.1, 0.15) is 6.17 Å². The van der Waals surface area contributed by atoms with Crippen molar-refractivity contribution in [3.05, 3.63) is 35.4 Å². The fraction of sp³-hybridized carbons (Fsp3) is 0.571. The minimum atomic E-state index is -0.508. The van der Waals surface area contributed by atoms with Crippen molar-refractivity contribution < 1.29 is 14.3 Å². The van der Waals surface area contributed by atoms with E-state index in [1.807, 2.05) is 17.0 Å². The van der Waals surface area contributed by atoms with Gasteiger partial charge in [-0.3, -0.25) is 20.0 Å². The quantitative estimate of drug-likeness (QED) is 0.654. The summed E-state index contributed by atoms with van der Waals surface area (Å²) in [5, 5.41) is 5.76. The molecule has 0 spiro atoms. The van der Waals surface area contributed by atoms with E-state index < -0.39 is 18.2 Å². The number of aryl methyl sites for hydroxylation is 1. The third kappa shape index (κ3) is 4.41. The van der Waals surface area contributed by atoms with Crippen LogP contribution >= 0.6 is 0 Å². The number of morpholine rings is 1. The third-order valence-electron chi connectivity index (χ3n) is 5.85. The number of hydrogen-bond acceptors (Lipinski definition) is 5. The number of rotatable bonds is 6. The molecule has 9 heteroatoms. The largest absolute Gasteiger partial charge is 0.379 e. The Hall–Kier alpha value is -2.65. The average molecular weight is 415 g/mol. The van der Waals surface area contributed by atoms with E-state index in [1.54, 1.807) is 7.05 Å². The number of aliphatic imine (C=N–C) groups is 1. The van der Waals surface area contributed by atoms with E-state index in [-0.39, 0.29) is 5.91 Å². The highest BCUT2D eigenvalue weighted by Crippen LogP contribution is 2.23. The van der Waals surface area contributed by atoms with Crippen molar-refractivity contribution in [3.63, 3.8) is 0 Å². The highest BCUT2D eigenvalue weighted by molar-refractivity contribution is 6.04. The molecule has 0 aliphatic carbocycles. The Kier molecular flexibility index (Phi) is 6.19. The summed E-state index contributed by atoms with van der Waals surface area (Å²) < 4.78 is 5.39. The summed E-state index contributed by atoms with van der Waals surface area (Å²) in [5.74, 6) is 0.381. The molecule has 3 fully saturated rings.